The molecule has 3 nitrogen and oxygen atoms in total. The topological polar surface area (TPSA) is 49.3 Å². The summed E-state index contributed by atoms with van der Waals surface area (Å²) < 4.78 is 38.9. The summed E-state index contributed by atoms with van der Waals surface area (Å²) in [6.45, 7) is -0.142. The first-order chi connectivity index (χ1) is 8.49. The number of halogens is 3. The van der Waals surface area contributed by atoms with Gasteiger partial charge in [0.15, 0.2) is 11.6 Å². The first kappa shape index (κ1) is 12.9. The van der Waals surface area contributed by atoms with Crippen LogP contribution in [0.4, 0.5) is 13.2 Å². The zero-order chi connectivity index (χ0) is 13.3. The fraction of sp³-hybridized carbons (Fsp3) is 0.417. The molecule has 0 spiro atoms. The Morgan fingerprint density at radius 3 is 2.44 bits per heavy atom. The van der Waals surface area contributed by atoms with Gasteiger partial charge in [-0.2, -0.15) is 0 Å². The normalized spacial score (nSPS) is 16.6. The Balaban J connectivity index is 2.05. The van der Waals surface area contributed by atoms with E-state index in [1.54, 1.807) is 0 Å². The molecule has 0 radical (unpaired) electrons. The molecule has 1 fully saturated rings. The summed E-state index contributed by atoms with van der Waals surface area (Å²) in [5.74, 6) is -4.27. The summed E-state index contributed by atoms with van der Waals surface area (Å²) in [7, 11) is 0. The van der Waals surface area contributed by atoms with Crippen molar-refractivity contribution in [3.63, 3.8) is 0 Å². The SMILES string of the molecule is O=C(O)C(NCc1cc(F)c(F)cc1F)C1CC1. The third-order valence-electron chi connectivity index (χ3n) is 2.96. The van der Waals surface area contributed by atoms with Gasteiger partial charge in [-0.3, -0.25) is 10.1 Å². The molecule has 0 aliphatic heterocycles. The molecule has 6 heteroatoms. The molecule has 1 aliphatic rings. The molecule has 0 saturated heterocycles. The molecule has 98 valence electrons. The second kappa shape index (κ2) is 4.97. The highest BCUT2D eigenvalue weighted by molar-refractivity contribution is 5.74. The van der Waals surface area contributed by atoms with E-state index in [0.29, 0.717) is 6.07 Å². The number of nitrogens with one attached hydrogen (secondary N) is 1. The van der Waals surface area contributed by atoms with Gasteiger partial charge >= 0.3 is 5.97 Å². The molecule has 0 amide bonds. The fourth-order valence-electron chi connectivity index (χ4n) is 1.80. The second-order valence-corrected chi connectivity index (χ2v) is 4.39. The van der Waals surface area contributed by atoms with Crippen LogP contribution in [0, 0.1) is 23.4 Å². The maximum absolute atomic E-state index is 13.3. The van der Waals surface area contributed by atoms with Crippen LogP contribution in [0.25, 0.3) is 0 Å². The number of hydrogen-bond donors (Lipinski definition) is 2. The predicted molar refractivity (Wildman–Crippen MR) is 57.3 cm³/mol. The monoisotopic (exact) mass is 259 g/mol. The summed E-state index contributed by atoms with van der Waals surface area (Å²) >= 11 is 0. The Morgan fingerprint density at radius 1 is 1.28 bits per heavy atom. The molecular weight excluding hydrogens is 247 g/mol. The number of carboxylic acids is 1. The quantitative estimate of drug-likeness (QED) is 0.796. The van der Waals surface area contributed by atoms with Gasteiger partial charge in [-0.15, -0.1) is 0 Å². The van der Waals surface area contributed by atoms with E-state index in [2.05, 4.69) is 5.32 Å². The van der Waals surface area contributed by atoms with Crippen LogP contribution in [0.5, 0.6) is 0 Å². The zero-order valence-electron chi connectivity index (χ0n) is 9.42. The van der Waals surface area contributed by atoms with Gasteiger partial charge in [0.1, 0.15) is 11.9 Å². The molecule has 1 aromatic rings. The average molecular weight is 259 g/mol. The van der Waals surface area contributed by atoms with E-state index in [1.807, 2.05) is 0 Å². The smallest absolute Gasteiger partial charge is 0.320 e. The summed E-state index contributed by atoms with van der Waals surface area (Å²) in [5.41, 5.74) is -0.0826. The van der Waals surface area contributed by atoms with Crippen LogP contribution in [0.2, 0.25) is 0 Å². The standard InChI is InChI=1S/C12H12F3NO2/c13-8-4-10(15)9(14)3-7(8)5-16-11(12(17)18)6-1-2-6/h3-4,6,11,16H,1-2,5H2,(H,17,18). The summed E-state index contributed by atoms with van der Waals surface area (Å²) in [6, 6.07) is 0.431. The highest BCUT2D eigenvalue weighted by Crippen LogP contribution is 2.33. The Kier molecular flexibility index (Phi) is 3.56. The highest BCUT2D eigenvalue weighted by Gasteiger charge is 2.35. The zero-order valence-corrected chi connectivity index (χ0v) is 9.42. The van der Waals surface area contributed by atoms with Crippen molar-refractivity contribution >= 4 is 5.97 Å². The lowest BCUT2D eigenvalue weighted by atomic mass is 10.1. The van der Waals surface area contributed by atoms with E-state index in [9.17, 15) is 18.0 Å². The molecule has 1 atom stereocenters. The largest absolute Gasteiger partial charge is 0.480 e. The molecule has 0 aromatic heterocycles. The molecule has 1 aromatic carbocycles. The van der Waals surface area contributed by atoms with E-state index in [-0.39, 0.29) is 18.0 Å². The lowest BCUT2D eigenvalue weighted by Gasteiger charge is -2.13. The van der Waals surface area contributed by atoms with E-state index in [0.717, 1.165) is 18.9 Å². The first-order valence-corrected chi connectivity index (χ1v) is 5.58. The number of benzene rings is 1. The van der Waals surface area contributed by atoms with Crippen molar-refractivity contribution in [2.24, 2.45) is 5.92 Å². The van der Waals surface area contributed by atoms with Crippen molar-refractivity contribution in [3.05, 3.63) is 35.1 Å². The molecular formula is C12H12F3NO2. The van der Waals surface area contributed by atoms with Gasteiger partial charge < -0.3 is 5.11 Å². The average Bonchev–Trinajstić information content (AvgIpc) is 3.09. The Morgan fingerprint density at radius 2 is 1.89 bits per heavy atom. The predicted octanol–water partition coefficient (Wildman–Crippen LogP) is 2.06. The first-order valence-electron chi connectivity index (χ1n) is 5.58. The summed E-state index contributed by atoms with van der Waals surface area (Å²) in [5, 5.41) is 11.6. The third kappa shape index (κ3) is 2.81. The van der Waals surface area contributed by atoms with E-state index in [4.69, 9.17) is 5.11 Å². The molecule has 18 heavy (non-hydrogen) atoms. The van der Waals surface area contributed by atoms with E-state index >= 15 is 0 Å². The molecule has 1 unspecified atom stereocenters. The molecule has 0 heterocycles. The van der Waals surface area contributed by atoms with Gasteiger partial charge in [0.25, 0.3) is 0 Å². The van der Waals surface area contributed by atoms with Crippen molar-refractivity contribution in [1.82, 2.24) is 5.32 Å². The molecule has 1 saturated carbocycles. The molecule has 0 bridgehead atoms. The number of carboxylic acid groups (broad SMARTS) is 1. The van der Waals surface area contributed by atoms with Gasteiger partial charge in [0.2, 0.25) is 0 Å². The summed E-state index contributed by atoms with van der Waals surface area (Å²) in [6.07, 6.45) is 1.62. The Hall–Kier alpha value is -1.56. The van der Waals surface area contributed by atoms with Crippen LogP contribution < -0.4 is 5.32 Å². The number of hydrogen-bond acceptors (Lipinski definition) is 2. The van der Waals surface area contributed by atoms with Gasteiger partial charge in [-0.05, 0) is 24.8 Å². The Labute approximate surface area is 102 Å². The van der Waals surface area contributed by atoms with Gasteiger partial charge in [-0.1, -0.05) is 0 Å². The lowest BCUT2D eigenvalue weighted by molar-refractivity contribution is -0.140. The second-order valence-electron chi connectivity index (χ2n) is 4.39. The van der Waals surface area contributed by atoms with Crippen LogP contribution in [0.1, 0.15) is 18.4 Å². The maximum Gasteiger partial charge on any atom is 0.320 e. The molecule has 1 aliphatic carbocycles. The number of carbonyl (C=O) groups is 1. The molecule has 2 N–H and O–H groups in total. The van der Waals surface area contributed by atoms with Gasteiger partial charge in [0, 0.05) is 18.2 Å². The van der Waals surface area contributed by atoms with Crippen LogP contribution in [-0.4, -0.2) is 17.1 Å². The van der Waals surface area contributed by atoms with Crippen molar-refractivity contribution in [2.45, 2.75) is 25.4 Å². The van der Waals surface area contributed by atoms with Crippen LogP contribution >= 0.6 is 0 Å². The van der Waals surface area contributed by atoms with E-state index in [1.165, 1.54) is 0 Å². The van der Waals surface area contributed by atoms with Crippen LogP contribution in [0.3, 0.4) is 0 Å². The van der Waals surface area contributed by atoms with Crippen molar-refractivity contribution < 1.29 is 23.1 Å². The highest BCUT2D eigenvalue weighted by atomic mass is 19.2. The third-order valence-corrected chi connectivity index (χ3v) is 2.96. The fourth-order valence-corrected chi connectivity index (χ4v) is 1.80. The minimum absolute atomic E-state index is 0.0378. The van der Waals surface area contributed by atoms with Crippen LogP contribution in [0.15, 0.2) is 12.1 Å². The van der Waals surface area contributed by atoms with E-state index < -0.39 is 29.5 Å². The minimum atomic E-state index is -1.26. The van der Waals surface area contributed by atoms with Gasteiger partial charge in [0.05, 0.1) is 0 Å². The minimum Gasteiger partial charge on any atom is -0.480 e. The van der Waals surface area contributed by atoms with Crippen molar-refractivity contribution in [3.8, 4) is 0 Å². The number of aliphatic carboxylic acids is 1. The lowest BCUT2D eigenvalue weighted by Crippen LogP contribution is -2.38. The summed E-state index contributed by atoms with van der Waals surface area (Å²) in [4.78, 5) is 10.9. The molecule has 2 rings (SSSR count). The van der Waals surface area contributed by atoms with Crippen molar-refractivity contribution in [1.29, 1.82) is 0 Å². The van der Waals surface area contributed by atoms with Gasteiger partial charge in [-0.25, -0.2) is 13.2 Å². The number of rotatable bonds is 5. The van der Waals surface area contributed by atoms with Crippen LogP contribution in [-0.2, 0) is 11.3 Å². The van der Waals surface area contributed by atoms with Crippen molar-refractivity contribution in [2.75, 3.05) is 0 Å². The maximum atomic E-state index is 13.3. The Bertz CT molecular complexity index is 475.